The molecular weight excluding hydrogens is 284 g/mol. The Morgan fingerprint density at radius 2 is 1.52 bits per heavy atom. The molecule has 0 aromatic heterocycles. The molecule has 0 amide bonds. The quantitative estimate of drug-likeness (QED) is 0.891. The smallest absolute Gasteiger partial charge is 0.238 e. The maximum absolute atomic E-state index is 11.3. The van der Waals surface area contributed by atoms with Crippen molar-refractivity contribution >= 4 is 21.4 Å². The zero-order valence-corrected chi connectivity index (χ0v) is 12.9. The average molecular weight is 304 g/mol. The summed E-state index contributed by atoms with van der Waals surface area (Å²) in [6.45, 7) is 3.03. The molecule has 2 aromatic carbocycles. The van der Waals surface area contributed by atoms with Gasteiger partial charge in [0.05, 0.1) is 4.90 Å². The molecule has 0 aliphatic heterocycles. The molecule has 0 spiro atoms. The van der Waals surface area contributed by atoms with Crippen LogP contribution in [0.4, 0.5) is 11.4 Å². The summed E-state index contributed by atoms with van der Waals surface area (Å²) in [5.41, 5.74) is 2.05. The Kier molecular flexibility index (Phi) is 4.98. The maximum Gasteiger partial charge on any atom is 0.238 e. The number of sulfonamides is 1. The molecule has 0 heterocycles. The molecule has 0 aliphatic carbocycles. The van der Waals surface area contributed by atoms with E-state index >= 15 is 0 Å². The van der Waals surface area contributed by atoms with Gasteiger partial charge in [0.15, 0.2) is 0 Å². The molecule has 2 rings (SSSR count). The van der Waals surface area contributed by atoms with Gasteiger partial charge < -0.3 is 4.90 Å². The van der Waals surface area contributed by atoms with Gasteiger partial charge in [0.2, 0.25) is 10.0 Å². The van der Waals surface area contributed by atoms with Crippen molar-refractivity contribution in [2.24, 2.45) is 5.14 Å². The van der Waals surface area contributed by atoms with Crippen molar-refractivity contribution in [2.45, 2.75) is 24.7 Å². The molecule has 0 unspecified atom stereocenters. The molecule has 112 valence electrons. The van der Waals surface area contributed by atoms with Gasteiger partial charge in [-0.05, 0) is 42.8 Å². The number of nitrogens with zero attached hydrogens (tertiary/aromatic N) is 1. The van der Waals surface area contributed by atoms with E-state index in [2.05, 4.69) is 11.8 Å². The van der Waals surface area contributed by atoms with Gasteiger partial charge in [0, 0.05) is 17.9 Å². The Morgan fingerprint density at radius 1 is 0.952 bits per heavy atom. The van der Waals surface area contributed by atoms with Crippen molar-refractivity contribution in [3.05, 3.63) is 54.6 Å². The maximum atomic E-state index is 11.3. The molecule has 0 radical (unpaired) electrons. The summed E-state index contributed by atoms with van der Waals surface area (Å²) in [6.07, 6.45) is 2.16. The van der Waals surface area contributed by atoms with Crippen molar-refractivity contribution in [1.29, 1.82) is 0 Å². The molecule has 0 fully saturated rings. The van der Waals surface area contributed by atoms with Crippen LogP contribution in [0, 0.1) is 0 Å². The van der Waals surface area contributed by atoms with E-state index in [-0.39, 0.29) is 4.90 Å². The monoisotopic (exact) mass is 304 g/mol. The van der Waals surface area contributed by atoms with Crippen molar-refractivity contribution < 1.29 is 8.42 Å². The summed E-state index contributed by atoms with van der Waals surface area (Å²) in [6, 6.07) is 16.7. The van der Waals surface area contributed by atoms with E-state index in [9.17, 15) is 8.42 Å². The Hall–Kier alpha value is -1.85. The van der Waals surface area contributed by atoms with Crippen molar-refractivity contribution in [1.82, 2.24) is 0 Å². The van der Waals surface area contributed by atoms with E-state index < -0.39 is 10.0 Å². The van der Waals surface area contributed by atoms with E-state index in [4.69, 9.17) is 5.14 Å². The van der Waals surface area contributed by atoms with E-state index in [1.165, 1.54) is 0 Å². The van der Waals surface area contributed by atoms with Crippen LogP contribution >= 0.6 is 0 Å². The van der Waals surface area contributed by atoms with Gasteiger partial charge in [-0.15, -0.1) is 0 Å². The number of hydrogen-bond acceptors (Lipinski definition) is 3. The number of anilines is 2. The van der Waals surface area contributed by atoms with Crippen LogP contribution in [-0.2, 0) is 10.0 Å². The topological polar surface area (TPSA) is 63.4 Å². The highest BCUT2D eigenvalue weighted by molar-refractivity contribution is 7.89. The normalized spacial score (nSPS) is 11.3. The highest BCUT2D eigenvalue weighted by Gasteiger charge is 2.11. The van der Waals surface area contributed by atoms with E-state index in [0.717, 1.165) is 30.8 Å². The lowest BCUT2D eigenvalue weighted by molar-refractivity contribution is 0.598. The third kappa shape index (κ3) is 4.06. The van der Waals surface area contributed by atoms with Crippen LogP contribution in [0.2, 0.25) is 0 Å². The lowest BCUT2D eigenvalue weighted by Crippen LogP contribution is -2.18. The molecule has 2 N–H and O–H groups in total. The van der Waals surface area contributed by atoms with Crippen molar-refractivity contribution in [2.75, 3.05) is 11.4 Å². The number of hydrogen-bond donors (Lipinski definition) is 1. The molecule has 0 aliphatic rings. The highest BCUT2D eigenvalue weighted by atomic mass is 32.2. The number of rotatable bonds is 6. The molecule has 0 saturated carbocycles. The Morgan fingerprint density at radius 3 is 2.05 bits per heavy atom. The molecule has 0 atom stereocenters. The van der Waals surface area contributed by atoms with Crippen LogP contribution in [0.15, 0.2) is 59.5 Å². The summed E-state index contributed by atoms with van der Waals surface area (Å²) in [4.78, 5) is 2.31. The zero-order chi connectivity index (χ0) is 15.3. The van der Waals surface area contributed by atoms with Gasteiger partial charge in [0.25, 0.3) is 0 Å². The highest BCUT2D eigenvalue weighted by Crippen LogP contribution is 2.26. The number of unbranched alkanes of at least 4 members (excludes halogenated alkanes) is 1. The molecule has 21 heavy (non-hydrogen) atoms. The number of benzene rings is 2. The second kappa shape index (κ2) is 6.74. The Bertz CT molecular complexity index is 667. The van der Waals surface area contributed by atoms with Gasteiger partial charge in [-0.2, -0.15) is 0 Å². The Balaban J connectivity index is 2.33. The molecular formula is C16H20N2O2S. The third-order valence-corrected chi connectivity index (χ3v) is 4.21. The number of primary sulfonamides is 1. The summed E-state index contributed by atoms with van der Waals surface area (Å²) >= 11 is 0. The average Bonchev–Trinajstić information content (AvgIpc) is 2.48. The van der Waals surface area contributed by atoms with Crippen LogP contribution < -0.4 is 10.0 Å². The van der Waals surface area contributed by atoms with Crippen LogP contribution in [0.3, 0.4) is 0 Å². The van der Waals surface area contributed by atoms with Crippen LogP contribution in [0.25, 0.3) is 0 Å². The minimum absolute atomic E-state index is 0.134. The fourth-order valence-electron chi connectivity index (χ4n) is 2.15. The van der Waals surface area contributed by atoms with Crippen molar-refractivity contribution in [3.63, 3.8) is 0 Å². The van der Waals surface area contributed by atoms with E-state index in [0.29, 0.717) is 0 Å². The van der Waals surface area contributed by atoms with E-state index in [1.807, 2.05) is 30.3 Å². The fourth-order valence-corrected chi connectivity index (χ4v) is 2.66. The minimum Gasteiger partial charge on any atom is -0.341 e. The third-order valence-electron chi connectivity index (χ3n) is 3.28. The molecule has 4 nitrogen and oxygen atoms in total. The van der Waals surface area contributed by atoms with Gasteiger partial charge in [-0.1, -0.05) is 31.5 Å². The van der Waals surface area contributed by atoms with Gasteiger partial charge in [-0.3, -0.25) is 0 Å². The van der Waals surface area contributed by atoms with Crippen LogP contribution in [-0.4, -0.2) is 15.0 Å². The lowest BCUT2D eigenvalue weighted by atomic mass is 10.2. The molecule has 0 bridgehead atoms. The standard InChI is InChI=1S/C16H20N2O2S/c1-2-3-13-18(14-7-5-4-6-8-14)15-9-11-16(12-10-15)21(17,19)20/h4-12H,2-3,13H2,1H3,(H2,17,19,20). The first-order chi connectivity index (χ1) is 10.0. The Labute approximate surface area is 126 Å². The predicted octanol–water partition coefficient (Wildman–Crippen LogP) is 3.27. The SMILES string of the molecule is CCCCN(c1ccccc1)c1ccc(S(N)(=O)=O)cc1. The molecule has 5 heteroatoms. The first-order valence-corrected chi connectivity index (χ1v) is 8.52. The first-order valence-electron chi connectivity index (χ1n) is 6.98. The summed E-state index contributed by atoms with van der Waals surface area (Å²) < 4.78 is 22.6. The molecule has 0 saturated heterocycles. The number of para-hydroxylation sites is 1. The molecule has 2 aromatic rings. The predicted molar refractivity (Wildman–Crippen MR) is 86.2 cm³/mol. The second-order valence-corrected chi connectivity index (χ2v) is 6.44. The largest absolute Gasteiger partial charge is 0.341 e. The minimum atomic E-state index is -3.65. The van der Waals surface area contributed by atoms with Crippen LogP contribution in [0.5, 0.6) is 0 Å². The summed E-state index contributed by atoms with van der Waals surface area (Å²) in [5, 5.41) is 5.13. The zero-order valence-electron chi connectivity index (χ0n) is 12.1. The summed E-state index contributed by atoms with van der Waals surface area (Å²) in [5.74, 6) is 0. The van der Waals surface area contributed by atoms with Gasteiger partial charge in [-0.25, -0.2) is 13.6 Å². The van der Waals surface area contributed by atoms with E-state index in [1.54, 1.807) is 24.3 Å². The first kappa shape index (κ1) is 15.5. The fraction of sp³-hybridized carbons (Fsp3) is 0.250. The number of nitrogens with two attached hydrogens (primary N) is 1. The lowest BCUT2D eigenvalue weighted by Gasteiger charge is -2.25. The van der Waals surface area contributed by atoms with Crippen molar-refractivity contribution in [3.8, 4) is 0 Å². The van der Waals surface area contributed by atoms with Crippen LogP contribution in [0.1, 0.15) is 19.8 Å². The second-order valence-electron chi connectivity index (χ2n) is 4.88. The van der Waals surface area contributed by atoms with Gasteiger partial charge in [0.1, 0.15) is 0 Å². The summed E-state index contributed by atoms with van der Waals surface area (Å²) in [7, 11) is -3.65. The van der Waals surface area contributed by atoms with Gasteiger partial charge >= 0.3 is 0 Å².